The molecule has 0 spiro atoms. The summed E-state index contributed by atoms with van der Waals surface area (Å²) in [5.74, 6) is -0.0188. The first-order valence-corrected chi connectivity index (χ1v) is 9.66. The highest BCUT2D eigenvalue weighted by Gasteiger charge is 2.21. The van der Waals surface area contributed by atoms with E-state index in [1.807, 2.05) is 35.3 Å². The molecule has 0 aliphatic rings. The third-order valence-corrected chi connectivity index (χ3v) is 5.27. The molecule has 0 fully saturated rings. The van der Waals surface area contributed by atoms with Crippen molar-refractivity contribution in [1.82, 2.24) is 9.55 Å². The highest BCUT2D eigenvalue weighted by atomic mass is 32.1. The third-order valence-electron chi connectivity index (χ3n) is 3.81. The van der Waals surface area contributed by atoms with Gasteiger partial charge in [-0.2, -0.15) is 11.3 Å². The summed E-state index contributed by atoms with van der Waals surface area (Å²) in [7, 11) is 0. The summed E-state index contributed by atoms with van der Waals surface area (Å²) in [6.07, 6.45) is 4.38. The summed E-state index contributed by atoms with van der Waals surface area (Å²) in [6.45, 7) is 6.35. The van der Waals surface area contributed by atoms with Gasteiger partial charge in [0.15, 0.2) is 5.13 Å². The molecule has 0 saturated heterocycles. The third kappa shape index (κ3) is 3.94. The van der Waals surface area contributed by atoms with Crippen molar-refractivity contribution in [3.05, 3.63) is 58.0 Å². The van der Waals surface area contributed by atoms with Crippen LogP contribution in [0.25, 0.3) is 0 Å². The van der Waals surface area contributed by atoms with E-state index in [0.717, 1.165) is 11.3 Å². The molecular formula is C18H21N3OS2. The van der Waals surface area contributed by atoms with Gasteiger partial charge in [0.1, 0.15) is 0 Å². The van der Waals surface area contributed by atoms with Gasteiger partial charge in [-0.1, -0.05) is 20.8 Å². The van der Waals surface area contributed by atoms with Crippen LogP contribution in [0.5, 0.6) is 0 Å². The predicted molar refractivity (Wildman–Crippen MR) is 101 cm³/mol. The predicted octanol–water partition coefficient (Wildman–Crippen LogP) is 4.92. The molecule has 0 aromatic carbocycles. The van der Waals surface area contributed by atoms with Crippen LogP contribution in [0.3, 0.4) is 0 Å². The summed E-state index contributed by atoms with van der Waals surface area (Å²) < 4.78 is 2.07. The van der Waals surface area contributed by atoms with E-state index < -0.39 is 0 Å². The summed E-state index contributed by atoms with van der Waals surface area (Å²) in [6, 6.07) is 6.04. The minimum atomic E-state index is -0.0188. The van der Waals surface area contributed by atoms with Gasteiger partial charge in [-0.15, -0.1) is 11.3 Å². The van der Waals surface area contributed by atoms with E-state index >= 15 is 0 Å². The Kier molecular flexibility index (Phi) is 4.87. The van der Waals surface area contributed by atoms with Crippen LogP contribution in [0.2, 0.25) is 0 Å². The van der Waals surface area contributed by atoms with Gasteiger partial charge in [-0.3, -0.25) is 4.79 Å². The van der Waals surface area contributed by atoms with E-state index in [-0.39, 0.29) is 17.4 Å². The second kappa shape index (κ2) is 6.91. The number of carbonyl (C=O) groups excluding carboxylic acids is 1. The van der Waals surface area contributed by atoms with Crippen molar-refractivity contribution in [1.29, 1.82) is 0 Å². The number of thiazole rings is 1. The van der Waals surface area contributed by atoms with Crippen LogP contribution < -0.4 is 5.32 Å². The van der Waals surface area contributed by atoms with Gasteiger partial charge < -0.3 is 9.88 Å². The van der Waals surface area contributed by atoms with Crippen LogP contribution in [0.4, 0.5) is 5.13 Å². The van der Waals surface area contributed by atoms with Gasteiger partial charge in [0.05, 0.1) is 18.2 Å². The van der Waals surface area contributed by atoms with Crippen molar-refractivity contribution >= 4 is 33.7 Å². The minimum Gasteiger partial charge on any atom is -0.346 e. The number of rotatable bonds is 5. The SMILES string of the molecule is CC(C)(C)c1csc(NC(=O)C[C@H](c2ccsc2)n2cccc2)n1. The molecule has 6 heteroatoms. The van der Waals surface area contributed by atoms with Gasteiger partial charge in [-0.25, -0.2) is 4.98 Å². The molecule has 3 aromatic rings. The maximum atomic E-state index is 12.5. The lowest BCUT2D eigenvalue weighted by atomic mass is 9.93. The van der Waals surface area contributed by atoms with Gasteiger partial charge in [0, 0.05) is 23.2 Å². The molecule has 3 heterocycles. The topological polar surface area (TPSA) is 46.9 Å². The van der Waals surface area contributed by atoms with Crippen molar-refractivity contribution < 1.29 is 4.79 Å². The van der Waals surface area contributed by atoms with Crippen LogP contribution in [-0.4, -0.2) is 15.5 Å². The molecule has 0 aliphatic heterocycles. The molecule has 0 unspecified atom stereocenters. The average molecular weight is 360 g/mol. The second-order valence-corrected chi connectivity index (χ2v) is 8.38. The molecule has 1 amide bonds. The number of thiophene rings is 1. The van der Waals surface area contributed by atoms with E-state index in [9.17, 15) is 4.79 Å². The molecule has 4 nitrogen and oxygen atoms in total. The lowest BCUT2D eigenvalue weighted by molar-refractivity contribution is -0.116. The number of aromatic nitrogens is 2. The number of anilines is 1. The van der Waals surface area contributed by atoms with Crippen molar-refractivity contribution in [3.63, 3.8) is 0 Å². The molecule has 0 bridgehead atoms. The first-order valence-electron chi connectivity index (χ1n) is 7.84. The van der Waals surface area contributed by atoms with E-state index in [2.05, 4.69) is 47.1 Å². The monoisotopic (exact) mass is 359 g/mol. The number of hydrogen-bond donors (Lipinski definition) is 1. The fraction of sp³-hybridized carbons (Fsp3) is 0.333. The fourth-order valence-electron chi connectivity index (χ4n) is 2.44. The number of nitrogens with zero attached hydrogens (tertiary/aromatic N) is 2. The Morgan fingerprint density at radius 1 is 1.29 bits per heavy atom. The van der Waals surface area contributed by atoms with Crippen LogP contribution in [0, 0.1) is 0 Å². The summed E-state index contributed by atoms with van der Waals surface area (Å²) in [4.78, 5) is 17.1. The Morgan fingerprint density at radius 2 is 2.04 bits per heavy atom. The Balaban J connectivity index is 1.71. The van der Waals surface area contributed by atoms with Crippen molar-refractivity contribution in [3.8, 4) is 0 Å². The lowest BCUT2D eigenvalue weighted by Crippen LogP contribution is -2.19. The summed E-state index contributed by atoms with van der Waals surface area (Å²) in [5.41, 5.74) is 2.15. The fourth-order valence-corrected chi connectivity index (χ4v) is 4.10. The number of hydrogen-bond acceptors (Lipinski definition) is 4. The van der Waals surface area contributed by atoms with Crippen molar-refractivity contribution in [2.75, 3.05) is 5.32 Å². The largest absolute Gasteiger partial charge is 0.346 e. The first kappa shape index (κ1) is 16.9. The number of amides is 1. The summed E-state index contributed by atoms with van der Waals surface area (Å²) in [5, 5.41) is 9.77. The van der Waals surface area contributed by atoms with E-state index in [1.165, 1.54) is 11.3 Å². The van der Waals surface area contributed by atoms with Gasteiger partial charge >= 0.3 is 0 Å². The van der Waals surface area contributed by atoms with Gasteiger partial charge in [0.2, 0.25) is 5.91 Å². The maximum Gasteiger partial charge on any atom is 0.228 e. The van der Waals surface area contributed by atoms with E-state index in [0.29, 0.717) is 11.6 Å². The zero-order chi connectivity index (χ0) is 17.2. The second-order valence-electron chi connectivity index (χ2n) is 6.74. The normalized spacial score (nSPS) is 13.0. The number of carbonyl (C=O) groups is 1. The molecule has 3 aromatic heterocycles. The Morgan fingerprint density at radius 3 is 2.62 bits per heavy atom. The highest BCUT2D eigenvalue weighted by Crippen LogP contribution is 2.28. The van der Waals surface area contributed by atoms with Gasteiger partial charge in [-0.05, 0) is 34.5 Å². The van der Waals surface area contributed by atoms with Crippen LogP contribution >= 0.6 is 22.7 Å². The molecule has 3 rings (SSSR count). The molecule has 0 saturated carbocycles. The van der Waals surface area contributed by atoms with E-state index in [1.54, 1.807) is 11.3 Å². The van der Waals surface area contributed by atoms with Crippen LogP contribution in [0.15, 0.2) is 46.7 Å². The highest BCUT2D eigenvalue weighted by molar-refractivity contribution is 7.14. The molecule has 1 N–H and O–H groups in total. The summed E-state index contributed by atoms with van der Waals surface area (Å²) >= 11 is 3.13. The zero-order valence-electron chi connectivity index (χ0n) is 14.0. The maximum absolute atomic E-state index is 12.5. The van der Waals surface area contributed by atoms with Crippen LogP contribution in [0.1, 0.15) is 44.5 Å². The molecule has 0 aliphatic carbocycles. The molecule has 1 atom stereocenters. The average Bonchev–Trinajstić information content (AvgIpc) is 3.25. The Hall–Kier alpha value is -1.92. The molecule has 24 heavy (non-hydrogen) atoms. The van der Waals surface area contributed by atoms with E-state index in [4.69, 9.17) is 0 Å². The zero-order valence-corrected chi connectivity index (χ0v) is 15.7. The Labute approximate surface area is 150 Å². The minimum absolute atomic E-state index is 0.00768. The smallest absolute Gasteiger partial charge is 0.228 e. The lowest BCUT2D eigenvalue weighted by Gasteiger charge is -2.17. The van der Waals surface area contributed by atoms with Gasteiger partial charge in [0.25, 0.3) is 0 Å². The molecule has 0 radical (unpaired) electrons. The van der Waals surface area contributed by atoms with Crippen LogP contribution in [-0.2, 0) is 10.2 Å². The number of nitrogens with one attached hydrogen (secondary N) is 1. The van der Waals surface area contributed by atoms with Crippen molar-refractivity contribution in [2.24, 2.45) is 0 Å². The molecule has 126 valence electrons. The van der Waals surface area contributed by atoms with Crippen molar-refractivity contribution in [2.45, 2.75) is 38.6 Å². The standard InChI is InChI=1S/C18H21N3OS2/c1-18(2,3)15-12-24-17(19-15)20-16(22)10-14(13-6-9-23-11-13)21-7-4-5-8-21/h4-9,11-12,14H,10H2,1-3H3,(H,19,20,22)/t14-/m1/s1. The molecular weight excluding hydrogens is 338 g/mol. The first-order chi connectivity index (χ1) is 11.4. The quantitative estimate of drug-likeness (QED) is 0.703. The Bertz CT molecular complexity index is 748.